The van der Waals surface area contributed by atoms with E-state index in [0.717, 1.165) is 17.7 Å². The highest BCUT2D eigenvalue weighted by molar-refractivity contribution is 6.34. The number of halogens is 1. The van der Waals surface area contributed by atoms with Crippen LogP contribution in [0.3, 0.4) is 0 Å². The number of carbonyl (C=O) groups excluding carboxylic acids is 1. The summed E-state index contributed by atoms with van der Waals surface area (Å²) < 4.78 is 10.3. The third-order valence-corrected chi connectivity index (χ3v) is 3.77. The summed E-state index contributed by atoms with van der Waals surface area (Å²) in [5.41, 5.74) is 1.53. The largest absolute Gasteiger partial charge is 0.494 e. The van der Waals surface area contributed by atoms with Crippen molar-refractivity contribution in [2.75, 3.05) is 11.9 Å². The van der Waals surface area contributed by atoms with E-state index in [4.69, 9.17) is 21.0 Å². The van der Waals surface area contributed by atoms with E-state index in [1.807, 2.05) is 31.2 Å². The fourth-order valence-corrected chi connectivity index (χ4v) is 2.43. The highest BCUT2D eigenvalue weighted by Gasteiger charge is 2.17. The first-order chi connectivity index (χ1) is 12.2. The molecule has 6 nitrogen and oxygen atoms in total. The second-order valence-electron chi connectivity index (χ2n) is 5.27. The fourth-order valence-electron chi connectivity index (χ4n) is 2.21. The van der Waals surface area contributed by atoms with Crippen molar-refractivity contribution in [3.8, 4) is 17.0 Å². The lowest BCUT2D eigenvalue weighted by Gasteiger charge is -2.06. The SMILES string of the molecule is CCCOc1ccc(-c2nonc2NC(=O)c2ccccc2Cl)cc1. The number of hydrogen-bond donors (Lipinski definition) is 1. The van der Waals surface area contributed by atoms with Crippen LogP contribution in [0.15, 0.2) is 53.2 Å². The molecule has 7 heteroatoms. The predicted molar refractivity (Wildman–Crippen MR) is 94.9 cm³/mol. The van der Waals surface area contributed by atoms with Crippen molar-refractivity contribution in [3.63, 3.8) is 0 Å². The summed E-state index contributed by atoms with van der Waals surface area (Å²) in [6.07, 6.45) is 0.938. The molecular weight excluding hydrogens is 342 g/mol. The summed E-state index contributed by atoms with van der Waals surface area (Å²) in [7, 11) is 0. The Labute approximate surface area is 149 Å². The van der Waals surface area contributed by atoms with Gasteiger partial charge in [-0.1, -0.05) is 30.7 Å². The zero-order valence-corrected chi connectivity index (χ0v) is 14.3. The standard InChI is InChI=1S/C18H16ClN3O3/c1-2-11-24-13-9-7-12(8-10-13)16-17(22-25-21-16)20-18(23)14-5-3-4-6-15(14)19/h3-10H,2,11H2,1H3,(H,20,22,23). The zero-order valence-electron chi connectivity index (χ0n) is 13.5. The van der Waals surface area contributed by atoms with Crippen molar-refractivity contribution in [3.05, 3.63) is 59.1 Å². The molecule has 0 spiro atoms. The second-order valence-corrected chi connectivity index (χ2v) is 5.68. The summed E-state index contributed by atoms with van der Waals surface area (Å²) in [5, 5.41) is 10.7. The van der Waals surface area contributed by atoms with Gasteiger partial charge in [0.05, 0.1) is 17.2 Å². The van der Waals surface area contributed by atoms with Gasteiger partial charge in [-0.2, -0.15) is 0 Å². The minimum atomic E-state index is -0.384. The number of anilines is 1. The Balaban J connectivity index is 1.79. The maximum Gasteiger partial charge on any atom is 0.258 e. The lowest BCUT2D eigenvalue weighted by molar-refractivity contribution is 0.102. The molecule has 3 aromatic rings. The van der Waals surface area contributed by atoms with E-state index in [-0.39, 0.29) is 11.7 Å². The number of hydrogen-bond acceptors (Lipinski definition) is 5. The number of nitrogens with zero attached hydrogens (tertiary/aromatic N) is 2. The molecule has 0 saturated heterocycles. The smallest absolute Gasteiger partial charge is 0.258 e. The molecule has 2 aromatic carbocycles. The molecule has 0 unspecified atom stereocenters. The van der Waals surface area contributed by atoms with E-state index in [2.05, 4.69) is 15.6 Å². The van der Waals surface area contributed by atoms with Crippen molar-refractivity contribution >= 4 is 23.3 Å². The van der Waals surface area contributed by atoms with Crippen molar-refractivity contribution in [2.24, 2.45) is 0 Å². The van der Waals surface area contributed by atoms with Crippen LogP contribution in [0.25, 0.3) is 11.3 Å². The number of benzene rings is 2. The molecule has 1 aromatic heterocycles. The maximum absolute atomic E-state index is 12.4. The number of nitrogens with one attached hydrogen (secondary N) is 1. The molecule has 0 aliphatic rings. The maximum atomic E-state index is 12.4. The van der Waals surface area contributed by atoms with Gasteiger partial charge >= 0.3 is 0 Å². The Kier molecular flexibility index (Phi) is 5.30. The monoisotopic (exact) mass is 357 g/mol. The fraction of sp³-hybridized carbons (Fsp3) is 0.167. The van der Waals surface area contributed by atoms with Crippen LogP contribution in [0.2, 0.25) is 5.02 Å². The Bertz CT molecular complexity index is 862. The van der Waals surface area contributed by atoms with Gasteiger partial charge in [-0.3, -0.25) is 4.79 Å². The van der Waals surface area contributed by atoms with Crippen molar-refractivity contribution in [1.82, 2.24) is 10.3 Å². The van der Waals surface area contributed by atoms with Gasteiger partial charge in [-0.15, -0.1) is 0 Å². The first-order valence-corrected chi connectivity index (χ1v) is 8.18. The van der Waals surface area contributed by atoms with Crippen LogP contribution in [0.5, 0.6) is 5.75 Å². The summed E-state index contributed by atoms with van der Waals surface area (Å²) in [5.74, 6) is 0.612. The molecule has 0 aliphatic heterocycles. The number of amides is 1. The predicted octanol–water partition coefficient (Wildman–Crippen LogP) is 4.43. The Morgan fingerprint density at radius 2 is 1.92 bits per heavy atom. The van der Waals surface area contributed by atoms with Crippen LogP contribution in [0.4, 0.5) is 5.82 Å². The van der Waals surface area contributed by atoms with E-state index in [1.165, 1.54) is 0 Å². The van der Waals surface area contributed by atoms with Crippen molar-refractivity contribution in [2.45, 2.75) is 13.3 Å². The van der Waals surface area contributed by atoms with Gasteiger partial charge in [-0.25, -0.2) is 4.63 Å². The molecule has 0 radical (unpaired) electrons. The Morgan fingerprint density at radius 1 is 1.16 bits per heavy atom. The van der Waals surface area contributed by atoms with Crippen molar-refractivity contribution in [1.29, 1.82) is 0 Å². The second kappa shape index (κ2) is 7.81. The number of aromatic nitrogens is 2. The van der Waals surface area contributed by atoms with Gasteiger partial charge in [-0.05, 0) is 53.1 Å². The molecule has 0 aliphatic carbocycles. The number of ether oxygens (including phenoxy) is 1. The lowest BCUT2D eigenvalue weighted by Crippen LogP contribution is -2.13. The topological polar surface area (TPSA) is 77.2 Å². The zero-order chi connectivity index (χ0) is 17.6. The van der Waals surface area contributed by atoms with E-state index >= 15 is 0 Å². The summed E-state index contributed by atoms with van der Waals surface area (Å²) >= 11 is 6.04. The Hall–Kier alpha value is -2.86. The molecule has 0 bridgehead atoms. The van der Waals surface area contributed by atoms with Crippen LogP contribution < -0.4 is 10.1 Å². The molecule has 1 heterocycles. The van der Waals surface area contributed by atoms with E-state index in [0.29, 0.717) is 22.9 Å². The lowest BCUT2D eigenvalue weighted by atomic mass is 10.1. The van der Waals surface area contributed by atoms with Crippen LogP contribution in [-0.2, 0) is 0 Å². The van der Waals surface area contributed by atoms with Gasteiger partial charge in [0.1, 0.15) is 5.75 Å². The summed E-state index contributed by atoms with van der Waals surface area (Å²) in [6.45, 7) is 2.70. The van der Waals surface area contributed by atoms with Gasteiger partial charge in [0.25, 0.3) is 5.91 Å². The number of carbonyl (C=O) groups is 1. The Morgan fingerprint density at radius 3 is 2.64 bits per heavy atom. The molecule has 128 valence electrons. The van der Waals surface area contributed by atoms with E-state index in [9.17, 15) is 4.79 Å². The van der Waals surface area contributed by atoms with Gasteiger partial charge in [0.15, 0.2) is 5.69 Å². The molecule has 1 N–H and O–H groups in total. The van der Waals surface area contributed by atoms with Crippen molar-refractivity contribution < 1.29 is 14.2 Å². The summed E-state index contributed by atoms with van der Waals surface area (Å²) in [6, 6.07) is 14.1. The molecule has 0 atom stereocenters. The molecule has 1 amide bonds. The van der Waals surface area contributed by atoms with Gasteiger partial charge in [0.2, 0.25) is 5.82 Å². The van der Waals surface area contributed by atoms with Gasteiger partial charge < -0.3 is 10.1 Å². The molecule has 3 rings (SSSR count). The molecule has 0 saturated carbocycles. The first-order valence-electron chi connectivity index (χ1n) is 7.80. The first kappa shape index (κ1) is 17.0. The molecule has 25 heavy (non-hydrogen) atoms. The van der Waals surface area contributed by atoms with Gasteiger partial charge in [0, 0.05) is 5.56 Å². The quantitative estimate of drug-likeness (QED) is 0.706. The normalized spacial score (nSPS) is 10.5. The molecular formula is C18H16ClN3O3. The molecule has 0 fully saturated rings. The van der Waals surface area contributed by atoms with Crippen LogP contribution >= 0.6 is 11.6 Å². The minimum Gasteiger partial charge on any atom is -0.494 e. The third-order valence-electron chi connectivity index (χ3n) is 3.44. The minimum absolute atomic E-state index is 0.229. The van der Waals surface area contributed by atoms with Crippen LogP contribution in [-0.4, -0.2) is 22.8 Å². The summed E-state index contributed by atoms with van der Waals surface area (Å²) in [4.78, 5) is 12.4. The average molecular weight is 358 g/mol. The highest BCUT2D eigenvalue weighted by Crippen LogP contribution is 2.27. The van der Waals surface area contributed by atoms with E-state index < -0.39 is 0 Å². The highest BCUT2D eigenvalue weighted by atomic mass is 35.5. The number of rotatable bonds is 6. The van der Waals surface area contributed by atoms with Crippen LogP contribution in [0.1, 0.15) is 23.7 Å². The van der Waals surface area contributed by atoms with Crippen LogP contribution in [0, 0.1) is 0 Å². The third kappa shape index (κ3) is 3.97. The van der Waals surface area contributed by atoms with E-state index in [1.54, 1.807) is 24.3 Å². The average Bonchev–Trinajstić information content (AvgIpc) is 3.08.